The maximum Gasteiger partial charge on any atom is 0.308 e. The Morgan fingerprint density at radius 3 is 2.79 bits per heavy atom. The van der Waals surface area contributed by atoms with Crippen molar-refractivity contribution in [3.05, 3.63) is 46.7 Å². The lowest BCUT2D eigenvalue weighted by molar-refractivity contribution is -0.147. The van der Waals surface area contributed by atoms with E-state index in [0.717, 1.165) is 12.1 Å². The predicted octanol–water partition coefficient (Wildman–Crippen LogP) is 2.18. The van der Waals surface area contributed by atoms with E-state index in [-0.39, 0.29) is 24.8 Å². The van der Waals surface area contributed by atoms with E-state index >= 15 is 0 Å². The molecule has 152 valence electrons. The minimum Gasteiger partial charge on any atom is -0.456 e. The highest BCUT2D eigenvalue weighted by molar-refractivity contribution is 7.08. The lowest BCUT2D eigenvalue weighted by Crippen LogP contribution is -2.27. The van der Waals surface area contributed by atoms with Crippen molar-refractivity contribution >= 4 is 46.4 Å². The molecule has 0 radical (unpaired) electrons. The number of rotatable bonds is 8. The summed E-state index contributed by atoms with van der Waals surface area (Å²) in [7, 11) is 0. The summed E-state index contributed by atoms with van der Waals surface area (Å²) in [6, 6.07) is 8.66. The number of benzene rings is 1. The number of amides is 3. The molecule has 3 rings (SSSR count). The molecule has 1 aromatic carbocycles. The Labute approximate surface area is 171 Å². The number of ether oxygens (including phenoxy) is 1. The van der Waals surface area contributed by atoms with E-state index in [1.807, 2.05) is 6.07 Å². The molecule has 1 aliphatic rings. The van der Waals surface area contributed by atoms with E-state index in [1.165, 1.54) is 11.3 Å². The molecular formula is C20H21N3O5S. The molecule has 1 aromatic heterocycles. The molecular weight excluding hydrogens is 394 g/mol. The van der Waals surface area contributed by atoms with Crippen LogP contribution in [0.3, 0.4) is 0 Å². The molecule has 8 nitrogen and oxygen atoms in total. The summed E-state index contributed by atoms with van der Waals surface area (Å²) in [5, 5.41) is 8.77. The number of thiophene rings is 1. The Morgan fingerprint density at radius 1 is 1.21 bits per heavy atom. The van der Waals surface area contributed by atoms with E-state index in [2.05, 4.69) is 10.6 Å². The van der Waals surface area contributed by atoms with Gasteiger partial charge in [-0.05, 0) is 36.1 Å². The predicted molar refractivity (Wildman–Crippen MR) is 109 cm³/mol. The molecule has 0 saturated carbocycles. The molecule has 1 saturated heterocycles. The lowest BCUT2D eigenvalue weighted by Gasteiger charge is -2.16. The standard InChI is InChI=1S/C20H21N3O5S/c24-17(12-28-19(26)6-8-21-20(27)14-7-10-29-13-14)22-15-3-1-4-16(11-15)23-9-2-5-18(23)25/h1,3-4,7,10-11,13H,2,5-6,8-9,12H2,(H,21,27)(H,22,24). The maximum atomic E-state index is 12.0. The van der Waals surface area contributed by atoms with Crippen LogP contribution in [-0.2, 0) is 19.1 Å². The highest BCUT2D eigenvalue weighted by atomic mass is 32.1. The first-order valence-corrected chi connectivity index (χ1v) is 10.1. The fourth-order valence-corrected chi connectivity index (χ4v) is 3.50. The molecule has 1 fully saturated rings. The zero-order chi connectivity index (χ0) is 20.6. The minimum absolute atomic E-state index is 0.0320. The third-order valence-electron chi connectivity index (χ3n) is 4.28. The Morgan fingerprint density at radius 2 is 2.07 bits per heavy atom. The van der Waals surface area contributed by atoms with Gasteiger partial charge in [0.1, 0.15) is 0 Å². The average Bonchev–Trinajstić information content (AvgIpc) is 3.38. The van der Waals surface area contributed by atoms with Gasteiger partial charge in [0, 0.05) is 41.8 Å². The molecule has 0 atom stereocenters. The van der Waals surface area contributed by atoms with Gasteiger partial charge in [-0.3, -0.25) is 19.2 Å². The summed E-state index contributed by atoms with van der Waals surface area (Å²) >= 11 is 1.41. The van der Waals surface area contributed by atoms with Crippen LogP contribution in [0.5, 0.6) is 0 Å². The van der Waals surface area contributed by atoms with E-state index in [1.54, 1.807) is 39.9 Å². The largest absolute Gasteiger partial charge is 0.456 e. The maximum absolute atomic E-state index is 12.0. The minimum atomic E-state index is -0.581. The molecule has 1 aliphatic heterocycles. The molecule has 29 heavy (non-hydrogen) atoms. The first-order chi connectivity index (χ1) is 14.0. The second-order valence-electron chi connectivity index (χ2n) is 6.43. The highest BCUT2D eigenvalue weighted by Crippen LogP contribution is 2.24. The van der Waals surface area contributed by atoms with Crippen LogP contribution in [0.1, 0.15) is 29.6 Å². The number of anilines is 2. The fourth-order valence-electron chi connectivity index (χ4n) is 2.86. The number of esters is 1. The smallest absolute Gasteiger partial charge is 0.308 e. The molecule has 9 heteroatoms. The lowest BCUT2D eigenvalue weighted by atomic mass is 10.2. The molecule has 3 amide bonds. The van der Waals surface area contributed by atoms with Crippen molar-refractivity contribution in [2.45, 2.75) is 19.3 Å². The number of hydrogen-bond donors (Lipinski definition) is 2. The summed E-state index contributed by atoms with van der Waals surface area (Å²) in [5.41, 5.74) is 1.79. The molecule has 0 spiro atoms. The Balaban J connectivity index is 1.39. The van der Waals surface area contributed by atoms with Crippen LogP contribution in [-0.4, -0.2) is 43.4 Å². The van der Waals surface area contributed by atoms with Crippen molar-refractivity contribution in [2.24, 2.45) is 0 Å². The second-order valence-corrected chi connectivity index (χ2v) is 7.21. The summed E-state index contributed by atoms with van der Waals surface area (Å²) < 4.78 is 4.93. The van der Waals surface area contributed by atoms with Crippen molar-refractivity contribution in [1.82, 2.24) is 5.32 Å². The van der Waals surface area contributed by atoms with Crippen LogP contribution in [0.2, 0.25) is 0 Å². The van der Waals surface area contributed by atoms with Crippen LogP contribution in [0.15, 0.2) is 41.1 Å². The first kappa shape index (κ1) is 20.5. The zero-order valence-electron chi connectivity index (χ0n) is 15.7. The number of nitrogens with one attached hydrogen (secondary N) is 2. The SMILES string of the molecule is O=C(COC(=O)CCNC(=O)c1ccsc1)Nc1cccc(N2CCCC2=O)c1. The van der Waals surface area contributed by atoms with Gasteiger partial charge in [0.2, 0.25) is 5.91 Å². The van der Waals surface area contributed by atoms with Crippen molar-refractivity contribution < 1.29 is 23.9 Å². The number of hydrogen-bond acceptors (Lipinski definition) is 6. The van der Waals surface area contributed by atoms with Gasteiger partial charge in [0.25, 0.3) is 11.8 Å². The van der Waals surface area contributed by atoms with Gasteiger partial charge < -0.3 is 20.3 Å². The molecule has 0 unspecified atom stereocenters. The van der Waals surface area contributed by atoms with Crippen LogP contribution >= 0.6 is 11.3 Å². The topological polar surface area (TPSA) is 105 Å². The van der Waals surface area contributed by atoms with Crippen LogP contribution in [0, 0.1) is 0 Å². The van der Waals surface area contributed by atoms with Crippen LogP contribution in [0.4, 0.5) is 11.4 Å². The molecule has 2 N–H and O–H groups in total. The molecule has 2 heterocycles. The Kier molecular flexibility index (Phi) is 6.96. The van der Waals surface area contributed by atoms with Gasteiger partial charge >= 0.3 is 5.97 Å². The van der Waals surface area contributed by atoms with Gasteiger partial charge in [0.15, 0.2) is 6.61 Å². The van der Waals surface area contributed by atoms with Crippen LogP contribution in [0.25, 0.3) is 0 Å². The van der Waals surface area contributed by atoms with E-state index in [0.29, 0.717) is 24.2 Å². The second kappa shape index (κ2) is 9.83. The van der Waals surface area contributed by atoms with E-state index < -0.39 is 18.5 Å². The summed E-state index contributed by atoms with van der Waals surface area (Å²) in [5.74, 6) is -1.26. The normalized spacial score (nSPS) is 13.2. The third kappa shape index (κ3) is 5.89. The van der Waals surface area contributed by atoms with Crippen LogP contribution < -0.4 is 15.5 Å². The average molecular weight is 415 g/mol. The molecule has 0 bridgehead atoms. The van der Waals surface area contributed by atoms with Gasteiger partial charge in [-0.1, -0.05) is 6.07 Å². The van der Waals surface area contributed by atoms with E-state index in [4.69, 9.17) is 4.74 Å². The van der Waals surface area contributed by atoms with Gasteiger partial charge in [-0.25, -0.2) is 0 Å². The Bertz CT molecular complexity index is 897. The quantitative estimate of drug-likeness (QED) is 0.643. The highest BCUT2D eigenvalue weighted by Gasteiger charge is 2.21. The number of nitrogens with zero attached hydrogens (tertiary/aromatic N) is 1. The number of carbonyl (C=O) groups is 4. The summed E-state index contributed by atoms with van der Waals surface area (Å²) in [6.07, 6.45) is 1.31. The summed E-state index contributed by atoms with van der Waals surface area (Å²) in [6.45, 7) is 0.363. The monoisotopic (exact) mass is 415 g/mol. The third-order valence-corrected chi connectivity index (χ3v) is 4.96. The Hall–Kier alpha value is -3.20. The number of carbonyl (C=O) groups excluding carboxylic acids is 4. The van der Waals surface area contributed by atoms with Crippen molar-refractivity contribution in [3.8, 4) is 0 Å². The van der Waals surface area contributed by atoms with Gasteiger partial charge in [0.05, 0.1) is 6.42 Å². The van der Waals surface area contributed by atoms with Crippen molar-refractivity contribution in [2.75, 3.05) is 29.9 Å². The van der Waals surface area contributed by atoms with Gasteiger partial charge in [-0.2, -0.15) is 11.3 Å². The van der Waals surface area contributed by atoms with Crippen molar-refractivity contribution in [3.63, 3.8) is 0 Å². The molecule has 0 aliphatic carbocycles. The summed E-state index contributed by atoms with van der Waals surface area (Å²) in [4.78, 5) is 49.0. The molecule has 2 aromatic rings. The first-order valence-electron chi connectivity index (χ1n) is 9.19. The van der Waals surface area contributed by atoms with Gasteiger partial charge in [-0.15, -0.1) is 0 Å². The fraction of sp³-hybridized carbons (Fsp3) is 0.300. The zero-order valence-corrected chi connectivity index (χ0v) is 16.5. The van der Waals surface area contributed by atoms with E-state index in [9.17, 15) is 19.2 Å². The van der Waals surface area contributed by atoms with Crippen molar-refractivity contribution in [1.29, 1.82) is 0 Å².